The lowest BCUT2D eigenvalue weighted by atomic mass is 10.00. The largest absolute Gasteiger partial charge is 0.394 e. The molecule has 0 bridgehead atoms. The molecule has 0 saturated carbocycles. The van der Waals surface area contributed by atoms with Crippen LogP contribution in [0.25, 0.3) is 0 Å². The van der Waals surface area contributed by atoms with E-state index in [1.54, 1.807) is 0 Å². The van der Waals surface area contributed by atoms with E-state index in [0.717, 1.165) is 44.3 Å². The van der Waals surface area contributed by atoms with Crippen molar-refractivity contribution in [2.75, 3.05) is 13.2 Å². The molecule has 0 aromatic heterocycles. The van der Waals surface area contributed by atoms with E-state index in [9.17, 15) is 5.11 Å². The van der Waals surface area contributed by atoms with Gasteiger partial charge in [0.05, 0.1) is 12.6 Å². The molecule has 0 rings (SSSR count). The van der Waals surface area contributed by atoms with Crippen LogP contribution in [0.4, 0.5) is 0 Å². The Hall–Kier alpha value is -0.800. The molecule has 0 aromatic rings. The third-order valence-corrected chi connectivity index (χ3v) is 5.82. The Kier molecular flexibility index (Phi) is 21.3. The predicted octanol–water partition coefficient (Wildman–Crippen LogP) is 6.86. The van der Waals surface area contributed by atoms with Gasteiger partial charge in [0, 0.05) is 5.70 Å². The molecular weight excluding hydrogens is 356 g/mol. The molecular formula is C26H52N2O. The third kappa shape index (κ3) is 18.9. The molecule has 0 aromatic carbocycles. The van der Waals surface area contributed by atoms with Gasteiger partial charge in [-0.1, -0.05) is 103 Å². The SMILES string of the molecule is C=C(CCCCCN)NC(CO)C(C)/C=C/CCCCCCCCCCCCC. The number of hydrogen-bond donors (Lipinski definition) is 3. The average molecular weight is 409 g/mol. The van der Waals surface area contributed by atoms with Gasteiger partial charge in [-0.05, 0) is 44.6 Å². The zero-order chi connectivity index (χ0) is 21.6. The van der Waals surface area contributed by atoms with Gasteiger partial charge in [-0.25, -0.2) is 0 Å². The smallest absolute Gasteiger partial charge is 0.0638 e. The topological polar surface area (TPSA) is 58.3 Å². The van der Waals surface area contributed by atoms with Crippen molar-refractivity contribution in [3.05, 3.63) is 24.4 Å². The van der Waals surface area contributed by atoms with Gasteiger partial charge < -0.3 is 16.2 Å². The lowest BCUT2D eigenvalue weighted by Crippen LogP contribution is -2.36. The first-order chi connectivity index (χ1) is 14.2. The van der Waals surface area contributed by atoms with Crippen molar-refractivity contribution in [1.82, 2.24) is 5.32 Å². The summed E-state index contributed by atoms with van der Waals surface area (Å²) in [7, 11) is 0. The van der Waals surface area contributed by atoms with E-state index in [1.807, 2.05) is 0 Å². The van der Waals surface area contributed by atoms with Crippen LogP contribution in [-0.4, -0.2) is 24.3 Å². The maximum absolute atomic E-state index is 9.70. The molecule has 3 heteroatoms. The summed E-state index contributed by atoms with van der Waals surface area (Å²) in [6.45, 7) is 9.48. The highest BCUT2D eigenvalue weighted by Gasteiger charge is 2.13. The van der Waals surface area contributed by atoms with Crippen LogP contribution in [0.5, 0.6) is 0 Å². The first-order valence-corrected chi connectivity index (χ1v) is 12.6. The molecule has 0 aliphatic rings. The maximum atomic E-state index is 9.70. The van der Waals surface area contributed by atoms with Crippen molar-refractivity contribution in [3.8, 4) is 0 Å². The van der Waals surface area contributed by atoms with E-state index in [-0.39, 0.29) is 12.6 Å². The van der Waals surface area contributed by atoms with E-state index in [1.165, 1.54) is 70.6 Å². The Labute approximate surface area is 182 Å². The van der Waals surface area contributed by atoms with Crippen LogP contribution in [0.15, 0.2) is 24.4 Å². The minimum absolute atomic E-state index is 0.0607. The fraction of sp³-hybridized carbons (Fsp3) is 0.846. The molecule has 0 amide bonds. The zero-order valence-corrected chi connectivity index (χ0v) is 19.8. The number of nitrogens with two attached hydrogens (primary N) is 1. The molecule has 3 nitrogen and oxygen atoms in total. The van der Waals surface area contributed by atoms with Crippen LogP contribution in [0.1, 0.15) is 117 Å². The molecule has 0 aliphatic heterocycles. The van der Waals surface area contributed by atoms with Crippen molar-refractivity contribution in [2.24, 2.45) is 11.7 Å². The lowest BCUT2D eigenvalue weighted by molar-refractivity contribution is 0.226. The molecule has 4 N–H and O–H groups in total. The number of rotatable bonds is 22. The van der Waals surface area contributed by atoms with E-state index in [0.29, 0.717) is 5.92 Å². The summed E-state index contributed by atoms with van der Waals surface area (Å²) < 4.78 is 0. The summed E-state index contributed by atoms with van der Waals surface area (Å²) >= 11 is 0. The van der Waals surface area contributed by atoms with Crippen molar-refractivity contribution in [2.45, 2.75) is 123 Å². The molecule has 0 heterocycles. The lowest BCUT2D eigenvalue weighted by Gasteiger charge is -2.23. The van der Waals surface area contributed by atoms with Crippen molar-refractivity contribution < 1.29 is 5.11 Å². The quantitative estimate of drug-likeness (QED) is 0.135. The Morgan fingerprint density at radius 2 is 1.45 bits per heavy atom. The first-order valence-electron chi connectivity index (χ1n) is 12.6. The van der Waals surface area contributed by atoms with Gasteiger partial charge in [0.15, 0.2) is 0 Å². The summed E-state index contributed by atoms with van der Waals surface area (Å²) in [5.74, 6) is 0.313. The van der Waals surface area contributed by atoms with Crippen LogP contribution in [0, 0.1) is 5.92 Å². The zero-order valence-electron chi connectivity index (χ0n) is 19.8. The van der Waals surface area contributed by atoms with Crippen LogP contribution in [-0.2, 0) is 0 Å². The van der Waals surface area contributed by atoms with Gasteiger partial charge in [-0.2, -0.15) is 0 Å². The van der Waals surface area contributed by atoms with Crippen molar-refractivity contribution >= 4 is 0 Å². The number of aliphatic hydroxyl groups is 1. The van der Waals surface area contributed by atoms with Gasteiger partial charge in [0.1, 0.15) is 0 Å². The molecule has 2 unspecified atom stereocenters. The summed E-state index contributed by atoms with van der Waals surface area (Å²) in [5.41, 5.74) is 6.57. The third-order valence-electron chi connectivity index (χ3n) is 5.82. The molecule has 2 atom stereocenters. The van der Waals surface area contributed by atoms with Crippen LogP contribution in [0.3, 0.4) is 0 Å². The molecule has 29 heavy (non-hydrogen) atoms. The van der Waals surface area contributed by atoms with E-state index in [4.69, 9.17) is 5.73 Å². The normalized spacial score (nSPS) is 13.7. The second kappa shape index (κ2) is 21.9. The Balaban J connectivity index is 3.68. The second-order valence-corrected chi connectivity index (χ2v) is 8.75. The number of aliphatic hydroxyl groups excluding tert-OH is 1. The fourth-order valence-corrected chi connectivity index (χ4v) is 3.71. The molecule has 0 aliphatic carbocycles. The number of nitrogens with one attached hydrogen (secondary N) is 1. The van der Waals surface area contributed by atoms with Crippen LogP contribution < -0.4 is 11.1 Å². The Morgan fingerprint density at radius 1 is 0.897 bits per heavy atom. The van der Waals surface area contributed by atoms with Crippen molar-refractivity contribution in [1.29, 1.82) is 0 Å². The van der Waals surface area contributed by atoms with Crippen LogP contribution in [0.2, 0.25) is 0 Å². The summed E-state index contributed by atoms with van der Waals surface area (Å²) in [5, 5.41) is 13.1. The number of allylic oxidation sites excluding steroid dienone is 2. The highest BCUT2D eigenvalue weighted by atomic mass is 16.3. The van der Waals surface area contributed by atoms with Crippen LogP contribution >= 0.6 is 0 Å². The highest BCUT2D eigenvalue weighted by Crippen LogP contribution is 2.14. The van der Waals surface area contributed by atoms with Gasteiger partial charge in [0.25, 0.3) is 0 Å². The fourth-order valence-electron chi connectivity index (χ4n) is 3.71. The number of unbranched alkanes of at least 4 members (excludes halogenated alkanes) is 13. The van der Waals surface area contributed by atoms with E-state index >= 15 is 0 Å². The predicted molar refractivity (Wildman–Crippen MR) is 130 cm³/mol. The van der Waals surface area contributed by atoms with Gasteiger partial charge in [-0.3, -0.25) is 0 Å². The first kappa shape index (κ1) is 28.2. The molecule has 0 spiro atoms. The number of hydrogen-bond acceptors (Lipinski definition) is 3. The minimum atomic E-state index is 0.0607. The average Bonchev–Trinajstić information content (AvgIpc) is 2.72. The monoisotopic (exact) mass is 408 g/mol. The van der Waals surface area contributed by atoms with Gasteiger partial charge >= 0.3 is 0 Å². The van der Waals surface area contributed by atoms with Gasteiger partial charge in [0.2, 0.25) is 0 Å². The molecule has 0 radical (unpaired) electrons. The highest BCUT2D eigenvalue weighted by molar-refractivity contribution is 4.99. The Morgan fingerprint density at radius 3 is 2.00 bits per heavy atom. The second-order valence-electron chi connectivity index (χ2n) is 8.75. The van der Waals surface area contributed by atoms with E-state index in [2.05, 4.69) is 37.9 Å². The maximum Gasteiger partial charge on any atom is 0.0638 e. The summed E-state index contributed by atoms with van der Waals surface area (Å²) in [6, 6.07) is 0.0607. The Bertz CT molecular complexity index is 381. The van der Waals surface area contributed by atoms with Crippen molar-refractivity contribution in [3.63, 3.8) is 0 Å². The standard InChI is InChI=1S/C26H52N2O/c1-4-5-6-7-8-9-10-11-12-13-14-15-17-20-24(2)26(23-29)28-25(3)21-18-16-19-22-27/h17,20,24,26,28-29H,3-16,18-19,21-23,27H2,1-2H3/b20-17+. The van der Waals surface area contributed by atoms with E-state index < -0.39 is 0 Å². The molecule has 0 fully saturated rings. The summed E-state index contributed by atoms with van der Waals surface area (Å²) in [6.07, 6.45) is 25.3. The molecule has 0 saturated heterocycles. The summed E-state index contributed by atoms with van der Waals surface area (Å²) in [4.78, 5) is 0. The van der Waals surface area contributed by atoms with Gasteiger partial charge in [-0.15, -0.1) is 0 Å². The molecule has 172 valence electrons. The minimum Gasteiger partial charge on any atom is -0.394 e.